The maximum atomic E-state index is 14.0. The summed E-state index contributed by atoms with van der Waals surface area (Å²) >= 11 is 0. The van der Waals surface area contributed by atoms with E-state index in [1.165, 1.54) is 14.2 Å². The minimum atomic E-state index is -0.919. The monoisotopic (exact) mass is 760 g/mol. The molecule has 13 nitrogen and oxygen atoms in total. The molecule has 8 rings (SSSR count). The number of benzene rings is 3. The molecule has 56 heavy (non-hydrogen) atoms. The molecule has 1 radical (unpaired) electrons. The Morgan fingerprint density at radius 2 is 1.66 bits per heavy atom. The molecule has 3 N–H and O–H groups in total. The summed E-state index contributed by atoms with van der Waals surface area (Å²) in [6.07, 6.45) is 5.74. The number of hydrogen-bond acceptors (Lipinski definition) is 8. The van der Waals surface area contributed by atoms with Gasteiger partial charge >= 0.3 is 6.09 Å². The fourth-order valence-electron chi connectivity index (χ4n) is 8.77. The molecular weight excluding hydrogens is 711 g/mol. The maximum absolute atomic E-state index is 14.0. The van der Waals surface area contributed by atoms with E-state index in [1.807, 2.05) is 42.8 Å². The zero-order valence-electron chi connectivity index (χ0n) is 33.0. The van der Waals surface area contributed by atoms with E-state index in [0.717, 1.165) is 87.0 Å². The highest BCUT2D eigenvalue weighted by molar-refractivity contribution is 6.07. The Labute approximate surface area is 326 Å². The van der Waals surface area contributed by atoms with Crippen molar-refractivity contribution in [1.82, 2.24) is 35.1 Å². The maximum Gasteiger partial charge on any atom is 0.407 e. The summed E-state index contributed by atoms with van der Waals surface area (Å²) < 4.78 is 16.7. The van der Waals surface area contributed by atoms with Gasteiger partial charge in [-0.15, -0.1) is 0 Å². The zero-order chi connectivity index (χ0) is 39.4. The van der Waals surface area contributed by atoms with Gasteiger partial charge in [-0.1, -0.05) is 32.0 Å². The van der Waals surface area contributed by atoms with Gasteiger partial charge in [-0.25, -0.2) is 14.8 Å². The number of aromatic amines is 2. The minimum Gasteiger partial charge on any atom is -0.488 e. The molecule has 1 unspecified atom stereocenters. The van der Waals surface area contributed by atoms with Crippen LogP contribution in [0, 0.1) is 12.3 Å². The van der Waals surface area contributed by atoms with Crippen molar-refractivity contribution in [3.63, 3.8) is 0 Å². The molecule has 2 saturated heterocycles. The molecule has 3 aliphatic heterocycles. The third-order valence-electron chi connectivity index (χ3n) is 11.8. The summed E-state index contributed by atoms with van der Waals surface area (Å²) in [5.41, 5.74) is 6.80. The van der Waals surface area contributed by atoms with Crippen LogP contribution in [0.5, 0.6) is 5.75 Å². The molecule has 3 amide bonds. The second-order valence-electron chi connectivity index (χ2n) is 15.8. The van der Waals surface area contributed by atoms with Crippen molar-refractivity contribution in [1.29, 1.82) is 0 Å². The van der Waals surface area contributed by atoms with E-state index in [9.17, 15) is 14.4 Å². The first-order chi connectivity index (χ1) is 26.9. The fraction of sp³-hybridized carbons (Fsp3) is 0.442. The van der Waals surface area contributed by atoms with Gasteiger partial charge in [0.05, 0.1) is 54.6 Å². The lowest BCUT2D eigenvalue weighted by Gasteiger charge is -2.33. The van der Waals surface area contributed by atoms with Gasteiger partial charge in [0, 0.05) is 30.1 Å². The van der Waals surface area contributed by atoms with Crippen molar-refractivity contribution < 1.29 is 28.6 Å². The number of imidazole rings is 2. The van der Waals surface area contributed by atoms with Crippen LogP contribution in [0.3, 0.4) is 0 Å². The Morgan fingerprint density at radius 1 is 0.911 bits per heavy atom. The number of alkyl carbamates (subject to hydrolysis) is 1. The number of carbonyl (C=O) groups excluding carboxylic acids is 3. The molecule has 2 fully saturated rings. The lowest BCUT2D eigenvalue weighted by atomic mass is 9.92. The SMILES string of the molecule is COC(=O)N[C@H](C(=O)N1[C@@H](C)CC[C@H]1c1nc2ccc3cc4c(cc3c2[nH]1)OCc1cc(-c2cnc([C@@H]3CCC(C)N3C(=O)[CH]C(C)C)[nH]2)ccc1-4)[C@@H](C)OC. The van der Waals surface area contributed by atoms with Crippen LogP contribution in [0.25, 0.3) is 44.2 Å². The Kier molecular flexibility index (Phi) is 9.98. The normalized spacial score (nSPS) is 21.6. The Hall–Kier alpha value is -5.43. The van der Waals surface area contributed by atoms with Gasteiger partial charge in [-0.3, -0.25) is 9.59 Å². The highest BCUT2D eigenvalue weighted by Crippen LogP contribution is 2.44. The number of carbonyl (C=O) groups is 3. The molecular formula is C43H50N7O6. The van der Waals surface area contributed by atoms with E-state index < -0.39 is 18.2 Å². The first kappa shape index (κ1) is 37.5. The molecule has 0 bridgehead atoms. The summed E-state index contributed by atoms with van der Waals surface area (Å²) in [7, 11) is 2.78. The van der Waals surface area contributed by atoms with Gasteiger partial charge in [0.1, 0.15) is 30.0 Å². The molecule has 0 aliphatic carbocycles. The van der Waals surface area contributed by atoms with Gasteiger partial charge in [0.2, 0.25) is 11.8 Å². The second kappa shape index (κ2) is 14.9. The number of likely N-dealkylation sites (tertiary alicyclic amines) is 2. The molecule has 293 valence electrons. The number of rotatable bonds is 9. The minimum absolute atomic E-state index is 0.0646. The Morgan fingerprint density at radius 3 is 2.39 bits per heavy atom. The van der Waals surface area contributed by atoms with Crippen LogP contribution in [0.15, 0.2) is 48.7 Å². The highest BCUT2D eigenvalue weighted by atomic mass is 16.5. The van der Waals surface area contributed by atoms with Crippen LogP contribution in [0.4, 0.5) is 4.79 Å². The molecule has 3 aliphatic rings. The number of hydrogen-bond donors (Lipinski definition) is 3. The van der Waals surface area contributed by atoms with Crippen LogP contribution < -0.4 is 10.1 Å². The predicted octanol–water partition coefficient (Wildman–Crippen LogP) is 7.39. The van der Waals surface area contributed by atoms with Crippen molar-refractivity contribution in [3.8, 4) is 28.1 Å². The fourth-order valence-corrected chi connectivity index (χ4v) is 8.77. The van der Waals surface area contributed by atoms with Gasteiger partial charge < -0.3 is 39.3 Å². The lowest BCUT2D eigenvalue weighted by Crippen LogP contribution is -2.55. The summed E-state index contributed by atoms with van der Waals surface area (Å²) in [5.74, 6) is 2.31. The van der Waals surface area contributed by atoms with Crippen molar-refractivity contribution in [2.75, 3.05) is 14.2 Å². The Bertz CT molecular complexity index is 2310. The third kappa shape index (κ3) is 6.65. The number of methoxy groups -OCH3 is 2. The molecule has 5 aromatic rings. The van der Waals surface area contributed by atoms with Crippen molar-refractivity contribution >= 4 is 39.7 Å². The molecule has 5 heterocycles. The van der Waals surface area contributed by atoms with Crippen LogP contribution in [0.1, 0.15) is 89.6 Å². The third-order valence-corrected chi connectivity index (χ3v) is 11.8. The topological polar surface area (TPSA) is 155 Å². The predicted molar refractivity (Wildman–Crippen MR) is 212 cm³/mol. The Balaban J connectivity index is 1.06. The zero-order valence-corrected chi connectivity index (χ0v) is 33.0. The summed E-state index contributed by atoms with van der Waals surface area (Å²) in [6.45, 7) is 10.3. The van der Waals surface area contributed by atoms with E-state index in [2.05, 4.69) is 58.6 Å². The van der Waals surface area contributed by atoms with Gasteiger partial charge in [0.25, 0.3) is 0 Å². The van der Waals surface area contributed by atoms with E-state index >= 15 is 0 Å². The van der Waals surface area contributed by atoms with E-state index in [0.29, 0.717) is 12.4 Å². The average molecular weight is 761 g/mol. The van der Waals surface area contributed by atoms with Crippen molar-refractivity contribution in [2.24, 2.45) is 5.92 Å². The van der Waals surface area contributed by atoms with E-state index in [1.54, 1.807) is 13.3 Å². The van der Waals surface area contributed by atoms with Crippen molar-refractivity contribution in [3.05, 3.63) is 72.3 Å². The second-order valence-corrected chi connectivity index (χ2v) is 15.8. The molecule has 6 atom stereocenters. The summed E-state index contributed by atoms with van der Waals surface area (Å²) in [5, 5.41) is 4.68. The molecule has 0 saturated carbocycles. The lowest BCUT2D eigenvalue weighted by molar-refractivity contribution is -0.139. The number of nitrogens with zero attached hydrogens (tertiary/aromatic N) is 4. The molecule has 2 aromatic heterocycles. The van der Waals surface area contributed by atoms with Gasteiger partial charge in [-0.2, -0.15) is 0 Å². The summed E-state index contributed by atoms with van der Waals surface area (Å²) in [4.78, 5) is 59.9. The summed E-state index contributed by atoms with van der Waals surface area (Å²) in [6, 6.07) is 13.5. The van der Waals surface area contributed by atoms with Gasteiger partial charge in [0.15, 0.2) is 0 Å². The number of aromatic nitrogens is 4. The van der Waals surface area contributed by atoms with E-state index in [-0.39, 0.29) is 41.9 Å². The quantitative estimate of drug-likeness (QED) is 0.141. The first-order valence-corrected chi connectivity index (χ1v) is 19.6. The molecule has 13 heteroatoms. The van der Waals surface area contributed by atoms with Gasteiger partial charge in [-0.05, 0) is 98.7 Å². The first-order valence-electron chi connectivity index (χ1n) is 19.6. The number of amides is 3. The van der Waals surface area contributed by atoms with Crippen molar-refractivity contribution in [2.45, 2.75) is 103 Å². The van der Waals surface area contributed by atoms with Crippen LogP contribution >= 0.6 is 0 Å². The largest absolute Gasteiger partial charge is 0.488 e. The number of H-pyrrole nitrogens is 2. The standard InChI is InChI=1S/C43H50N7O6/c1-22(2)16-37(51)49-23(3)8-14-34(49)40-44-20-33(46-40)27-10-12-29-28(17-27)21-56-36-19-30-26(18-31(29)36)11-13-32-39(30)47-41(45-32)35-15-9-24(4)50(35)42(52)38(25(5)54-6)48-43(53)55-7/h10-13,16-20,22-25,34-35,38H,8-9,14-15,21H2,1-7H3,(H,44,46)(H,45,47)(H,48,53)/t23?,24-,25+,34-,35-,38-/m0/s1. The highest BCUT2D eigenvalue weighted by Gasteiger charge is 2.42. The molecule has 3 aromatic carbocycles. The number of ether oxygens (including phenoxy) is 3. The van der Waals surface area contributed by atoms with E-state index in [4.69, 9.17) is 24.2 Å². The van der Waals surface area contributed by atoms with Crippen LogP contribution in [-0.4, -0.2) is 86.1 Å². The average Bonchev–Trinajstić information content (AvgIpc) is 4.00. The van der Waals surface area contributed by atoms with Crippen LogP contribution in [0.2, 0.25) is 0 Å². The number of nitrogens with one attached hydrogen (secondary N) is 3. The number of fused-ring (bicyclic) bond motifs is 6. The van der Waals surface area contributed by atoms with Crippen LogP contribution in [-0.2, 0) is 25.7 Å². The smallest absolute Gasteiger partial charge is 0.407 e. The molecule has 0 spiro atoms.